The van der Waals surface area contributed by atoms with Crippen LogP contribution in [0.3, 0.4) is 0 Å². The summed E-state index contributed by atoms with van der Waals surface area (Å²) in [5.74, 6) is 6.57. The van der Waals surface area contributed by atoms with Gasteiger partial charge in [0.05, 0.1) is 0 Å². The van der Waals surface area contributed by atoms with E-state index in [4.69, 9.17) is 5.84 Å². The molecule has 0 saturated heterocycles. The molecular weight excluding hydrogens is 238 g/mol. The molecular formula is C14H21N5. The Kier molecular flexibility index (Phi) is 5.06. The molecule has 0 aliphatic carbocycles. The second kappa shape index (κ2) is 7.01. The van der Waals surface area contributed by atoms with Gasteiger partial charge in [0.25, 0.3) is 0 Å². The van der Waals surface area contributed by atoms with Gasteiger partial charge in [0, 0.05) is 19.5 Å². The van der Waals surface area contributed by atoms with E-state index in [-0.39, 0.29) is 6.04 Å². The van der Waals surface area contributed by atoms with Crippen molar-refractivity contribution in [2.45, 2.75) is 31.7 Å². The van der Waals surface area contributed by atoms with E-state index in [2.05, 4.69) is 39.8 Å². The SMILES string of the molecule is Cn1ncnc1CC(CCCc1ccccc1)NN. The van der Waals surface area contributed by atoms with Crippen LogP contribution >= 0.6 is 0 Å². The van der Waals surface area contributed by atoms with Crippen LogP contribution in [0.25, 0.3) is 0 Å². The number of hydrogen-bond acceptors (Lipinski definition) is 4. The fourth-order valence-corrected chi connectivity index (χ4v) is 2.17. The van der Waals surface area contributed by atoms with Gasteiger partial charge in [-0.05, 0) is 24.8 Å². The van der Waals surface area contributed by atoms with E-state index >= 15 is 0 Å². The molecule has 2 aromatic rings. The van der Waals surface area contributed by atoms with E-state index in [1.807, 2.05) is 13.1 Å². The Morgan fingerprint density at radius 1 is 1.32 bits per heavy atom. The van der Waals surface area contributed by atoms with Gasteiger partial charge in [0.15, 0.2) is 0 Å². The molecule has 0 amide bonds. The Labute approximate surface area is 113 Å². The molecule has 0 radical (unpaired) electrons. The zero-order chi connectivity index (χ0) is 13.5. The monoisotopic (exact) mass is 259 g/mol. The van der Waals surface area contributed by atoms with Crippen LogP contribution in [0.5, 0.6) is 0 Å². The summed E-state index contributed by atoms with van der Waals surface area (Å²) in [6.45, 7) is 0. The number of aryl methyl sites for hydroxylation is 2. The standard InChI is InChI=1S/C14H21N5/c1-19-14(16-11-17-19)10-13(18-15)9-5-8-12-6-3-2-4-7-12/h2-4,6-7,11,13,18H,5,8-10,15H2,1H3. The Balaban J connectivity index is 1.78. The number of nitrogens with one attached hydrogen (secondary N) is 1. The van der Waals surface area contributed by atoms with Crippen LogP contribution in [-0.2, 0) is 19.9 Å². The molecule has 102 valence electrons. The van der Waals surface area contributed by atoms with Crippen molar-refractivity contribution in [3.05, 3.63) is 48.0 Å². The van der Waals surface area contributed by atoms with Crippen molar-refractivity contribution >= 4 is 0 Å². The van der Waals surface area contributed by atoms with Crippen LogP contribution in [-0.4, -0.2) is 20.8 Å². The number of rotatable bonds is 7. The molecule has 1 unspecified atom stereocenters. The van der Waals surface area contributed by atoms with Crippen molar-refractivity contribution in [1.29, 1.82) is 0 Å². The highest BCUT2D eigenvalue weighted by Crippen LogP contribution is 2.08. The van der Waals surface area contributed by atoms with Gasteiger partial charge >= 0.3 is 0 Å². The lowest BCUT2D eigenvalue weighted by Crippen LogP contribution is -2.37. The van der Waals surface area contributed by atoms with Crippen LogP contribution in [0.4, 0.5) is 0 Å². The van der Waals surface area contributed by atoms with E-state index in [9.17, 15) is 0 Å². The van der Waals surface area contributed by atoms with E-state index < -0.39 is 0 Å². The van der Waals surface area contributed by atoms with Crippen molar-refractivity contribution in [3.63, 3.8) is 0 Å². The molecule has 0 saturated carbocycles. The van der Waals surface area contributed by atoms with Crippen molar-refractivity contribution in [2.75, 3.05) is 0 Å². The maximum absolute atomic E-state index is 5.61. The molecule has 3 N–H and O–H groups in total. The summed E-state index contributed by atoms with van der Waals surface area (Å²) in [5.41, 5.74) is 4.24. The first kappa shape index (κ1) is 13.7. The van der Waals surface area contributed by atoms with Crippen LogP contribution in [0.1, 0.15) is 24.2 Å². The Morgan fingerprint density at radius 2 is 2.11 bits per heavy atom. The van der Waals surface area contributed by atoms with Gasteiger partial charge in [0.1, 0.15) is 12.2 Å². The predicted octanol–water partition coefficient (Wildman–Crippen LogP) is 1.21. The topological polar surface area (TPSA) is 68.8 Å². The van der Waals surface area contributed by atoms with Crippen LogP contribution < -0.4 is 11.3 Å². The minimum absolute atomic E-state index is 0.242. The second-order valence-corrected chi connectivity index (χ2v) is 4.75. The molecule has 1 aromatic heterocycles. The summed E-state index contributed by atoms with van der Waals surface area (Å²) in [7, 11) is 1.90. The first-order valence-corrected chi connectivity index (χ1v) is 6.62. The lowest BCUT2D eigenvalue weighted by Gasteiger charge is -2.15. The van der Waals surface area contributed by atoms with E-state index in [1.165, 1.54) is 5.56 Å². The normalized spacial score (nSPS) is 12.5. The smallest absolute Gasteiger partial charge is 0.138 e. The first-order chi connectivity index (χ1) is 9.29. The highest BCUT2D eigenvalue weighted by atomic mass is 15.3. The molecule has 1 aromatic carbocycles. The molecule has 2 rings (SSSR count). The summed E-state index contributed by atoms with van der Waals surface area (Å²) in [5, 5.41) is 4.07. The van der Waals surface area contributed by atoms with Gasteiger partial charge < -0.3 is 0 Å². The zero-order valence-corrected chi connectivity index (χ0v) is 11.3. The molecule has 19 heavy (non-hydrogen) atoms. The number of aromatic nitrogens is 3. The van der Waals surface area contributed by atoms with Crippen molar-refractivity contribution < 1.29 is 0 Å². The quantitative estimate of drug-likeness (QED) is 0.579. The number of nitrogens with zero attached hydrogens (tertiary/aromatic N) is 3. The summed E-state index contributed by atoms with van der Waals surface area (Å²) in [4.78, 5) is 4.23. The second-order valence-electron chi connectivity index (χ2n) is 4.75. The fourth-order valence-electron chi connectivity index (χ4n) is 2.17. The van der Waals surface area contributed by atoms with Gasteiger partial charge in [-0.15, -0.1) is 0 Å². The van der Waals surface area contributed by atoms with Crippen molar-refractivity contribution in [2.24, 2.45) is 12.9 Å². The lowest BCUT2D eigenvalue weighted by molar-refractivity contribution is 0.460. The van der Waals surface area contributed by atoms with Gasteiger partial charge in [-0.2, -0.15) is 5.10 Å². The molecule has 0 aliphatic heterocycles. The van der Waals surface area contributed by atoms with Crippen LogP contribution in [0.15, 0.2) is 36.7 Å². The Bertz CT molecular complexity index is 480. The highest BCUT2D eigenvalue weighted by molar-refractivity contribution is 5.14. The van der Waals surface area contributed by atoms with Gasteiger partial charge in [-0.3, -0.25) is 16.0 Å². The number of hydrazine groups is 1. The maximum atomic E-state index is 5.61. The van der Waals surface area contributed by atoms with Gasteiger partial charge in [-0.1, -0.05) is 30.3 Å². The number of nitrogens with two attached hydrogens (primary N) is 1. The summed E-state index contributed by atoms with van der Waals surface area (Å²) >= 11 is 0. The number of benzene rings is 1. The van der Waals surface area contributed by atoms with Gasteiger partial charge in [-0.25, -0.2) is 4.98 Å². The first-order valence-electron chi connectivity index (χ1n) is 6.62. The fraction of sp³-hybridized carbons (Fsp3) is 0.429. The highest BCUT2D eigenvalue weighted by Gasteiger charge is 2.11. The largest absolute Gasteiger partial charge is 0.271 e. The predicted molar refractivity (Wildman–Crippen MR) is 75.2 cm³/mol. The van der Waals surface area contributed by atoms with Crippen LogP contribution in [0.2, 0.25) is 0 Å². The third kappa shape index (κ3) is 4.15. The summed E-state index contributed by atoms with van der Waals surface area (Å²) in [6, 6.07) is 10.8. The lowest BCUT2D eigenvalue weighted by atomic mass is 10.0. The van der Waals surface area contributed by atoms with Crippen LogP contribution in [0, 0.1) is 0 Å². The molecule has 0 spiro atoms. The summed E-state index contributed by atoms with van der Waals surface area (Å²) in [6.07, 6.45) is 5.60. The van der Waals surface area contributed by atoms with E-state index in [1.54, 1.807) is 11.0 Å². The Morgan fingerprint density at radius 3 is 2.74 bits per heavy atom. The minimum Gasteiger partial charge on any atom is -0.271 e. The van der Waals surface area contributed by atoms with E-state index in [0.29, 0.717) is 0 Å². The molecule has 0 fully saturated rings. The molecule has 5 heteroatoms. The van der Waals surface area contributed by atoms with E-state index in [0.717, 1.165) is 31.5 Å². The number of hydrogen-bond donors (Lipinski definition) is 2. The maximum Gasteiger partial charge on any atom is 0.138 e. The van der Waals surface area contributed by atoms with Crippen molar-refractivity contribution in [1.82, 2.24) is 20.2 Å². The Hall–Kier alpha value is -1.72. The molecule has 0 bridgehead atoms. The third-order valence-corrected chi connectivity index (χ3v) is 3.33. The molecule has 0 aliphatic rings. The van der Waals surface area contributed by atoms with Gasteiger partial charge in [0.2, 0.25) is 0 Å². The van der Waals surface area contributed by atoms with Crippen molar-refractivity contribution in [3.8, 4) is 0 Å². The molecule has 1 heterocycles. The molecule has 5 nitrogen and oxygen atoms in total. The third-order valence-electron chi connectivity index (χ3n) is 3.33. The summed E-state index contributed by atoms with van der Waals surface area (Å²) < 4.78 is 1.79. The molecule has 1 atom stereocenters. The average Bonchev–Trinajstić information content (AvgIpc) is 2.84. The minimum atomic E-state index is 0.242. The zero-order valence-electron chi connectivity index (χ0n) is 11.3. The average molecular weight is 259 g/mol.